The summed E-state index contributed by atoms with van der Waals surface area (Å²) in [5.74, 6) is -1.37. The molecular formula is C9H18O3. The molecule has 72 valence electrons. The minimum Gasteiger partial charge on any atom is -0.481 e. The van der Waals surface area contributed by atoms with Gasteiger partial charge in [0.15, 0.2) is 0 Å². The fraction of sp³-hybridized carbons (Fsp3) is 0.556. The molecule has 0 fully saturated rings. The van der Waals surface area contributed by atoms with Crippen LogP contribution in [0.25, 0.3) is 0 Å². The second-order valence-corrected chi connectivity index (χ2v) is 1.94. The van der Waals surface area contributed by atoms with E-state index >= 15 is 0 Å². The lowest BCUT2D eigenvalue weighted by atomic mass is 10.3. The highest BCUT2D eigenvalue weighted by Crippen LogP contribution is 1.77. The van der Waals surface area contributed by atoms with Gasteiger partial charge in [0.2, 0.25) is 0 Å². The molecule has 3 heteroatoms. The van der Waals surface area contributed by atoms with Crippen molar-refractivity contribution in [1.29, 1.82) is 0 Å². The van der Waals surface area contributed by atoms with Gasteiger partial charge in [-0.25, -0.2) is 0 Å². The van der Waals surface area contributed by atoms with E-state index in [1.165, 1.54) is 6.92 Å². The van der Waals surface area contributed by atoms with Gasteiger partial charge in [-0.05, 0) is 20.8 Å². The number of allylic oxidation sites excluding steroid dienone is 2. The Morgan fingerprint density at radius 1 is 1.25 bits per heavy atom. The Kier molecular flexibility index (Phi) is 17.9. The zero-order valence-electron chi connectivity index (χ0n) is 7.13. The zero-order valence-corrected chi connectivity index (χ0v) is 7.13. The predicted molar refractivity (Wildman–Crippen MR) is 50.2 cm³/mol. The van der Waals surface area contributed by atoms with E-state index in [9.17, 15) is 9.59 Å². The second kappa shape index (κ2) is 12.5. The molecule has 0 amide bonds. The van der Waals surface area contributed by atoms with Crippen LogP contribution in [0.2, 0.25) is 0 Å². The lowest BCUT2D eigenvalue weighted by Gasteiger charge is -1.80. The summed E-state index contributed by atoms with van der Waals surface area (Å²) < 4.78 is 0. The summed E-state index contributed by atoms with van der Waals surface area (Å²) in [5.41, 5.74) is 0. The molecule has 0 aromatic carbocycles. The Morgan fingerprint density at radius 3 is 1.58 bits per heavy atom. The number of hydrogen-bond donors (Lipinski definition) is 1. The molecule has 0 aliphatic rings. The standard InChI is InChI=1S/C4H6O3.C4H8.CH4/c1-3(5)2-4(6)7;1-3-4-2;/h2H2,1H3,(H,6,7);3-4H,1-2H3;1H4. The number of ketones is 1. The van der Waals surface area contributed by atoms with Crippen molar-refractivity contribution >= 4 is 11.8 Å². The van der Waals surface area contributed by atoms with E-state index in [0.717, 1.165) is 0 Å². The van der Waals surface area contributed by atoms with Crippen LogP contribution in [-0.4, -0.2) is 16.9 Å². The first-order valence-corrected chi connectivity index (χ1v) is 3.33. The second-order valence-electron chi connectivity index (χ2n) is 1.94. The molecule has 0 rings (SSSR count). The smallest absolute Gasteiger partial charge is 0.310 e. The Balaban J connectivity index is -0.000000142. The summed E-state index contributed by atoms with van der Waals surface area (Å²) in [6, 6.07) is 0. The number of aliphatic carboxylic acids is 1. The Hall–Kier alpha value is -1.12. The van der Waals surface area contributed by atoms with Crippen molar-refractivity contribution in [3.8, 4) is 0 Å². The molecule has 0 saturated carbocycles. The summed E-state index contributed by atoms with van der Waals surface area (Å²) in [4.78, 5) is 19.5. The van der Waals surface area contributed by atoms with Gasteiger partial charge in [-0.15, -0.1) is 0 Å². The molecule has 0 heterocycles. The highest BCUT2D eigenvalue weighted by atomic mass is 16.4. The van der Waals surface area contributed by atoms with Crippen LogP contribution in [0.1, 0.15) is 34.6 Å². The van der Waals surface area contributed by atoms with E-state index in [1.54, 1.807) is 0 Å². The predicted octanol–water partition coefficient (Wildman–Crippen LogP) is 2.27. The molecular weight excluding hydrogens is 156 g/mol. The third-order valence-electron chi connectivity index (χ3n) is 0.734. The Morgan fingerprint density at radius 2 is 1.58 bits per heavy atom. The van der Waals surface area contributed by atoms with Gasteiger partial charge >= 0.3 is 5.97 Å². The molecule has 0 aliphatic heterocycles. The monoisotopic (exact) mass is 174 g/mol. The largest absolute Gasteiger partial charge is 0.481 e. The number of carboxylic acids is 1. The molecule has 0 saturated heterocycles. The maximum absolute atomic E-state index is 9.87. The summed E-state index contributed by atoms with van der Waals surface area (Å²) >= 11 is 0. The average molecular weight is 174 g/mol. The van der Waals surface area contributed by atoms with Crippen LogP contribution in [0.15, 0.2) is 12.2 Å². The first kappa shape index (κ1) is 17.1. The maximum atomic E-state index is 9.87. The van der Waals surface area contributed by atoms with Gasteiger partial charge in [0.1, 0.15) is 12.2 Å². The van der Waals surface area contributed by atoms with Crippen molar-refractivity contribution in [2.45, 2.75) is 34.6 Å². The third-order valence-corrected chi connectivity index (χ3v) is 0.734. The van der Waals surface area contributed by atoms with Gasteiger partial charge in [0.25, 0.3) is 0 Å². The van der Waals surface area contributed by atoms with Crippen LogP contribution in [0.5, 0.6) is 0 Å². The molecule has 0 bridgehead atoms. The first-order chi connectivity index (χ1) is 5.04. The van der Waals surface area contributed by atoms with E-state index in [2.05, 4.69) is 0 Å². The van der Waals surface area contributed by atoms with Gasteiger partial charge in [0.05, 0.1) is 0 Å². The fourth-order valence-electron chi connectivity index (χ4n) is 0.213. The third kappa shape index (κ3) is 36.6. The van der Waals surface area contributed by atoms with Gasteiger partial charge in [-0.1, -0.05) is 19.6 Å². The van der Waals surface area contributed by atoms with Gasteiger partial charge in [-0.2, -0.15) is 0 Å². The van der Waals surface area contributed by atoms with E-state index in [0.29, 0.717) is 0 Å². The first-order valence-electron chi connectivity index (χ1n) is 3.33. The Labute approximate surface area is 74.1 Å². The SMILES string of the molecule is C.CC(=O)CC(=O)O.CC=CC. The minimum atomic E-state index is -1.06. The van der Waals surface area contributed by atoms with Crippen molar-refractivity contribution in [2.75, 3.05) is 0 Å². The van der Waals surface area contributed by atoms with E-state index < -0.39 is 5.97 Å². The van der Waals surface area contributed by atoms with Gasteiger partial charge in [-0.3, -0.25) is 9.59 Å². The van der Waals surface area contributed by atoms with Crippen molar-refractivity contribution in [1.82, 2.24) is 0 Å². The summed E-state index contributed by atoms with van der Waals surface area (Å²) in [7, 11) is 0. The number of rotatable bonds is 2. The molecule has 3 nitrogen and oxygen atoms in total. The van der Waals surface area contributed by atoms with Crippen LogP contribution >= 0.6 is 0 Å². The zero-order chi connectivity index (χ0) is 9.28. The molecule has 0 aromatic rings. The molecule has 0 unspecified atom stereocenters. The number of carbonyl (C=O) groups excluding carboxylic acids is 1. The van der Waals surface area contributed by atoms with E-state index in [1.807, 2.05) is 26.0 Å². The lowest BCUT2D eigenvalue weighted by Crippen LogP contribution is -2.00. The molecule has 0 aromatic heterocycles. The molecule has 1 N–H and O–H groups in total. The van der Waals surface area contributed by atoms with E-state index in [-0.39, 0.29) is 19.6 Å². The van der Waals surface area contributed by atoms with Crippen LogP contribution in [0.3, 0.4) is 0 Å². The van der Waals surface area contributed by atoms with Crippen molar-refractivity contribution in [3.05, 3.63) is 12.2 Å². The quantitative estimate of drug-likeness (QED) is 0.516. The fourth-order valence-corrected chi connectivity index (χ4v) is 0.213. The van der Waals surface area contributed by atoms with Gasteiger partial charge < -0.3 is 5.11 Å². The van der Waals surface area contributed by atoms with Crippen LogP contribution in [0.4, 0.5) is 0 Å². The molecule has 0 radical (unpaired) electrons. The highest BCUT2D eigenvalue weighted by Gasteiger charge is 1.98. The van der Waals surface area contributed by atoms with Crippen LogP contribution in [-0.2, 0) is 9.59 Å². The topological polar surface area (TPSA) is 54.4 Å². The van der Waals surface area contributed by atoms with Crippen LogP contribution < -0.4 is 0 Å². The van der Waals surface area contributed by atoms with Crippen molar-refractivity contribution in [3.63, 3.8) is 0 Å². The minimum absolute atomic E-state index is 0. The van der Waals surface area contributed by atoms with Crippen molar-refractivity contribution < 1.29 is 14.7 Å². The molecule has 0 atom stereocenters. The average Bonchev–Trinajstić information content (AvgIpc) is 1.85. The van der Waals surface area contributed by atoms with Gasteiger partial charge in [0, 0.05) is 0 Å². The molecule has 12 heavy (non-hydrogen) atoms. The normalized spacial score (nSPS) is 7.92. The van der Waals surface area contributed by atoms with Crippen LogP contribution in [0, 0.1) is 0 Å². The molecule has 0 spiro atoms. The molecule has 0 aliphatic carbocycles. The maximum Gasteiger partial charge on any atom is 0.310 e. The lowest BCUT2D eigenvalue weighted by molar-refractivity contribution is -0.139. The number of Topliss-reactive ketones (excluding diaryl/α,β-unsaturated/α-hetero) is 1. The number of hydrogen-bond acceptors (Lipinski definition) is 2. The summed E-state index contributed by atoms with van der Waals surface area (Å²) in [5, 5.41) is 7.86. The number of carbonyl (C=O) groups is 2. The highest BCUT2D eigenvalue weighted by molar-refractivity contribution is 5.93. The summed E-state index contributed by atoms with van der Waals surface area (Å²) in [6.45, 7) is 5.24. The summed E-state index contributed by atoms with van der Waals surface area (Å²) in [6.07, 6.45) is 3.64. The van der Waals surface area contributed by atoms with Crippen molar-refractivity contribution in [2.24, 2.45) is 0 Å². The Bertz CT molecular complexity index is 132. The van der Waals surface area contributed by atoms with E-state index in [4.69, 9.17) is 5.11 Å². The number of carboxylic acid groups (broad SMARTS) is 1.